The molecule has 4 aromatic rings. The van der Waals surface area contributed by atoms with E-state index in [-0.39, 0.29) is 81.5 Å². The minimum absolute atomic E-state index is 0. The van der Waals surface area contributed by atoms with Gasteiger partial charge in [0.05, 0.1) is 9.79 Å². The monoisotopic (exact) mass is 450 g/mol. The maximum absolute atomic E-state index is 11.7. The van der Waals surface area contributed by atoms with Crippen LogP contribution in [0.1, 0.15) is 0 Å². The van der Waals surface area contributed by atoms with Gasteiger partial charge in [-0.25, -0.2) is 21.8 Å². The fourth-order valence-electron chi connectivity index (χ4n) is 2.71. The summed E-state index contributed by atoms with van der Waals surface area (Å²) < 4.78 is 74.3. The Morgan fingerprint density at radius 1 is 0.862 bits per heavy atom. The fraction of sp³-hybridized carbons (Fsp3) is 0. The van der Waals surface area contributed by atoms with Gasteiger partial charge in [-0.15, -0.1) is 0 Å². The molecule has 0 saturated carbocycles. The van der Waals surface area contributed by atoms with Gasteiger partial charge in [-0.1, -0.05) is 6.07 Å². The first-order valence-corrected chi connectivity index (χ1v) is 10.2. The SMILES string of the molecule is O=S(=O)([O-])c1ccc2c(c1)cc(S(=O)(=O)[O-])c1oc(-c3ccncc3)nc12.[Na+].[Na+]. The van der Waals surface area contributed by atoms with Gasteiger partial charge in [0, 0.05) is 23.3 Å². The van der Waals surface area contributed by atoms with Gasteiger partial charge >= 0.3 is 59.1 Å². The van der Waals surface area contributed by atoms with Crippen molar-refractivity contribution in [3.63, 3.8) is 0 Å². The van der Waals surface area contributed by atoms with Crippen LogP contribution in [-0.2, 0) is 20.2 Å². The topological polar surface area (TPSA) is 153 Å². The average molecular weight is 450 g/mol. The normalized spacial score (nSPS) is 11.8. The maximum atomic E-state index is 11.7. The smallest absolute Gasteiger partial charge is 0.744 e. The number of pyridine rings is 1. The van der Waals surface area contributed by atoms with Crippen molar-refractivity contribution in [1.29, 1.82) is 0 Å². The van der Waals surface area contributed by atoms with Crippen LogP contribution in [-0.4, -0.2) is 35.9 Å². The third-order valence-electron chi connectivity index (χ3n) is 3.90. The van der Waals surface area contributed by atoms with Crippen LogP contribution in [0.2, 0.25) is 0 Å². The number of aromatic nitrogens is 2. The zero-order chi connectivity index (χ0) is 19.4. The zero-order valence-electron chi connectivity index (χ0n) is 15.2. The molecule has 0 unspecified atom stereocenters. The van der Waals surface area contributed by atoms with Gasteiger partial charge in [-0.05, 0) is 35.7 Å². The summed E-state index contributed by atoms with van der Waals surface area (Å²) in [4.78, 5) is 6.86. The number of hydrogen-bond acceptors (Lipinski definition) is 9. The van der Waals surface area contributed by atoms with E-state index < -0.39 is 30.0 Å². The second-order valence-corrected chi connectivity index (χ2v) is 8.33. The maximum Gasteiger partial charge on any atom is 1.00 e. The summed E-state index contributed by atoms with van der Waals surface area (Å²) in [5.74, 6) is 0.0605. The minimum Gasteiger partial charge on any atom is -0.744 e. The van der Waals surface area contributed by atoms with Gasteiger partial charge in [0.25, 0.3) is 0 Å². The van der Waals surface area contributed by atoms with Crippen LogP contribution in [0.25, 0.3) is 33.3 Å². The number of benzene rings is 2. The first-order valence-electron chi connectivity index (χ1n) is 7.34. The predicted octanol–water partition coefficient (Wildman–Crippen LogP) is -4.14. The number of fused-ring (bicyclic) bond motifs is 3. The standard InChI is InChI=1S/C16H10N2O7S2.2Na/c19-26(20,21)11-1-2-12-10(7-11)8-13(27(22,23)24)15-14(12)18-16(25-15)9-3-5-17-6-4-9;;/h1-8H,(H,19,20,21)(H,22,23,24);;/q;2*+1/p-2. The molecule has 0 fully saturated rings. The second-order valence-electron chi connectivity index (χ2n) is 5.60. The molecule has 0 aliphatic heterocycles. The van der Waals surface area contributed by atoms with Crippen LogP contribution in [0.15, 0.2) is 63.0 Å². The van der Waals surface area contributed by atoms with E-state index >= 15 is 0 Å². The molecule has 0 saturated heterocycles. The molecule has 0 spiro atoms. The minimum atomic E-state index is -4.96. The number of hydrogen-bond donors (Lipinski definition) is 0. The first kappa shape index (κ1) is 24.4. The van der Waals surface area contributed by atoms with Crippen LogP contribution < -0.4 is 59.1 Å². The van der Waals surface area contributed by atoms with E-state index in [4.69, 9.17) is 4.42 Å². The van der Waals surface area contributed by atoms with Gasteiger partial charge in [-0.2, -0.15) is 0 Å². The van der Waals surface area contributed by atoms with Crippen LogP contribution in [0.4, 0.5) is 0 Å². The molecule has 2 aromatic heterocycles. The van der Waals surface area contributed by atoms with Crippen molar-refractivity contribution in [3.05, 3.63) is 48.8 Å². The van der Waals surface area contributed by atoms with Crippen molar-refractivity contribution < 1.29 is 89.5 Å². The Labute approximate surface area is 209 Å². The molecule has 0 atom stereocenters. The summed E-state index contributed by atoms with van der Waals surface area (Å²) in [5.41, 5.74) is 0.313. The van der Waals surface area contributed by atoms with Crippen LogP contribution >= 0.6 is 0 Å². The Bertz CT molecular complexity index is 1420. The Hall–Kier alpha value is -0.860. The van der Waals surface area contributed by atoms with Gasteiger partial charge < -0.3 is 13.5 Å². The zero-order valence-corrected chi connectivity index (χ0v) is 20.8. The Morgan fingerprint density at radius 3 is 2.10 bits per heavy atom. The summed E-state index contributed by atoms with van der Waals surface area (Å²) in [6, 6.07) is 7.52. The van der Waals surface area contributed by atoms with E-state index in [2.05, 4.69) is 9.97 Å². The molecule has 0 bridgehead atoms. The molecule has 0 aliphatic rings. The van der Waals surface area contributed by atoms with Crippen molar-refractivity contribution in [2.24, 2.45) is 0 Å². The van der Waals surface area contributed by atoms with E-state index in [1.807, 2.05) is 0 Å². The van der Waals surface area contributed by atoms with Gasteiger partial charge in [0.2, 0.25) is 5.89 Å². The summed E-state index contributed by atoms with van der Waals surface area (Å²) >= 11 is 0. The molecule has 4 rings (SSSR count). The van der Waals surface area contributed by atoms with Crippen LogP contribution in [0.3, 0.4) is 0 Å². The second kappa shape index (κ2) is 8.71. The fourth-order valence-corrected chi connectivity index (χ4v) is 3.85. The molecule has 138 valence electrons. The molecule has 29 heavy (non-hydrogen) atoms. The van der Waals surface area contributed by atoms with E-state index in [0.717, 1.165) is 18.2 Å². The molecule has 2 aromatic carbocycles. The number of rotatable bonds is 3. The predicted molar refractivity (Wildman–Crippen MR) is 90.7 cm³/mol. The molecule has 0 radical (unpaired) electrons. The Morgan fingerprint density at radius 2 is 1.52 bits per heavy atom. The van der Waals surface area contributed by atoms with E-state index in [0.29, 0.717) is 10.9 Å². The van der Waals surface area contributed by atoms with Crippen LogP contribution in [0, 0.1) is 0 Å². The van der Waals surface area contributed by atoms with Crippen molar-refractivity contribution >= 4 is 42.1 Å². The quantitative estimate of drug-likeness (QED) is 0.224. The van der Waals surface area contributed by atoms with Crippen molar-refractivity contribution in [2.75, 3.05) is 0 Å². The van der Waals surface area contributed by atoms with Crippen LogP contribution in [0.5, 0.6) is 0 Å². The van der Waals surface area contributed by atoms with E-state index in [1.165, 1.54) is 18.5 Å². The first-order chi connectivity index (χ1) is 12.6. The molecular formula is C16H8N2Na2O7S2. The summed E-state index contributed by atoms with van der Waals surface area (Å²) in [6.45, 7) is 0. The van der Waals surface area contributed by atoms with E-state index in [9.17, 15) is 25.9 Å². The largest absolute Gasteiger partial charge is 1.00 e. The van der Waals surface area contributed by atoms with Crippen molar-refractivity contribution in [3.8, 4) is 11.5 Å². The van der Waals surface area contributed by atoms with Gasteiger partial charge in [-0.3, -0.25) is 4.98 Å². The van der Waals surface area contributed by atoms with Gasteiger partial charge in [0.1, 0.15) is 25.8 Å². The molecule has 13 heteroatoms. The van der Waals surface area contributed by atoms with Crippen molar-refractivity contribution in [1.82, 2.24) is 9.97 Å². The van der Waals surface area contributed by atoms with Gasteiger partial charge in [0.15, 0.2) is 5.58 Å². The number of nitrogens with zero attached hydrogens (tertiary/aromatic N) is 2. The molecule has 2 heterocycles. The number of oxazole rings is 1. The molecule has 0 aliphatic carbocycles. The Balaban J connectivity index is 0.00000150. The summed E-state index contributed by atoms with van der Waals surface area (Å²) in [7, 11) is -9.72. The molecule has 0 N–H and O–H groups in total. The summed E-state index contributed by atoms with van der Waals surface area (Å²) in [6.07, 6.45) is 2.97. The average Bonchev–Trinajstić information content (AvgIpc) is 3.05. The molecular weight excluding hydrogens is 442 g/mol. The Kier molecular flexibility index (Phi) is 7.33. The van der Waals surface area contributed by atoms with E-state index in [1.54, 1.807) is 12.1 Å². The third-order valence-corrected chi connectivity index (χ3v) is 5.57. The molecule has 0 amide bonds. The third kappa shape index (κ3) is 4.74. The molecule has 9 nitrogen and oxygen atoms in total. The summed E-state index contributed by atoms with van der Waals surface area (Å²) in [5, 5.41) is 0.386. The van der Waals surface area contributed by atoms with Crippen molar-refractivity contribution in [2.45, 2.75) is 9.79 Å².